The predicted octanol–water partition coefficient (Wildman–Crippen LogP) is 7.88. The molecular weight excluding hydrogens is 420 g/mol. The molecule has 0 fully saturated rings. The summed E-state index contributed by atoms with van der Waals surface area (Å²) in [6.07, 6.45) is 4.11. The van der Waals surface area contributed by atoms with Crippen molar-refractivity contribution in [3.63, 3.8) is 0 Å². The van der Waals surface area contributed by atoms with E-state index in [2.05, 4.69) is 44.7 Å². The SMILES string of the molecule is C=CC1=CC(C)(C)c2ccc3c(c21)Oc1c(cccc1-c1nc(C)cc(-c2ccccc2)n1)O3. The van der Waals surface area contributed by atoms with E-state index in [0.717, 1.165) is 33.7 Å². The van der Waals surface area contributed by atoms with Gasteiger partial charge in [0.25, 0.3) is 0 Å². The van der Waals surface area contributed by atoms with Gasteiger partial charge in [-0.05, 0) is 42.3 Å². The van der Waals surface area contributed by atoms with Crippen LogP contribution in [0.25, 0.3) is 28.2 Å². The maximum atomic E-state index is 6.62. The Morgan fingerprint density at radius 2 is 1.65 bits per heavy atom. The fraction of sp³-hybridized carbons (Fsp3) is 0.133. The molecule has 4 aromatic rings. The highest BCUT2D eigenvalue weighted by molar-refractivity contribution is 5.88. The van der Waals surface area contributed by atoms with Crippen LogP contribution in [0.1, 0.15) is 30.7 Å². The number of fused-ring (bicyclic) bond motifs is 4. The van der Waals surface area contributed by atoms with E-state index in [1.807, 2.05) is 61.5 Å². The van der Waals surface area contributed by atoms with Crippen LogP contribution in [0, 0.1) is 6.92 Å². The first-order valence-electron chi connectivity index (χ1n) is 11.4. The number of hydrogen-bond acceptors (Lipinski definition) is 4. The number of aryl methyl sites for hydroxylation is 1. The van der Waals surface area contributed by atoms with Crippen molar-refractivity contribution in [1.29, 1.82) is 0 Å². The Kier molecular flexibility index (Phi) is 4.46. The van der Waals surface area contributed by atoms with Crippen molar-refractivity contribution in [3.05, 3.63) is 102 Å². The molecule has 0 unspecified atom stereocenters. The van der Waals surface area contributed by atoms with Gasteiger partial charge in [-0.25, -0.2) is 9.97 Å². The predicted molar refractivity (Wildman–Crippen MR) is 135 cm³/mol. The molecule has 0 radical (unpaired) electrons. The molecule has 0 saturated heterocycles. The third-order valence-corrected chi connectivity index (χ3v) is 6.41. The summed E-state index contributed by atoms with van der Waals surface area (Å²) in [4.78, 5) is 9.64. The van der Waals surface area contributed by atoms with E-state index >= 15 is 0 Å². The van der Waals surface area contributed by atoms with Crippen LogP contribution in [0.2, 0.25) is 0 Å². The van der Waals surface area contributed by atoms with Gasteiger partial charge in [-0.3, -0.25) is 0 Å². The van der Waals surface area contributed by atoms with Gasteiger partial charge in [0.15, 0.2) is 28.8 Å². The Balaban J connectivity index is 1.50. The van der Waals surface area contributed by atoms with E-state index in [9.17, 15) is 0 Å². The first-order valence-corrected chi connectivity index (χ1v) is 11.4. The summed E-state index contributed by atoms with van der Waals surface area (Å²) < 4.78 is 13.0. The number of para-hydroxylation sites is 1. The maximum Gasteiger partial charge on any atom is 0.181 e. The number of aromatic nitrogens is 2. The molecule has 0 bridgehead atoms. The van der Waals surface area contributed by atoms with E-state index in [4.69, 9.17) is 19.4 Å². The summed E-state index contributed by atoms with van der Waals surface area (Å²) in [5.74, 6) is 3.29. The summed E-state index contributed by atoms with van der Waals surface area (Å²) in [5.41, 5.74) is 6.78. The fourth-order valence-corrected chi connectivity index (χ4v) is 4.81. The van der Waals surface area contributed by atoms with E-state index in [1.54, 1.807) is 0 Å². The van der Waals surface area contributed by atoms with Crippen LogP contribution in [0.5, 0.6) is 23.0 Å². The summed E-state index contributed by atoms with van der Waals surface area (Å²) in [5, 5.41) is 0. The van der Waals surface area contributed by atoms with Crippen LogP contribution in [0.3, 0.4) is 0 Å². The molecule has 0 N–H and O–H groups in total. The zero-order valence-corrected chi connectivity index (χ0v) is 19.4. The monoisotopic (exact) mass is 444 g/mol. The van der Waals surface area contributed by atoms with Crippen LogP contribution in [-0.2, 0) is 5.41 Å². The number of hydrogen-bond donors (Lipinski definition) is 0. The first-order chi connectivity index (χ1) is 16.4. The normalized spacial score (nSPS) is 14.7. The lowest BCUT2D eigenvalue weighted by Crippen LogP contribution is -2.12. The Labute approximate surface area is 199 Å². The molecule has 1 aliphatic carbocycles. The van der Waals surface area contributed by atoms with Crippen molar-refractivity contribution in [3.8, 4) is 45.6 Å². The Morgan fingerprint density at radius 3 is 2.44 bits per heavy atom. The molecule has 34 heavy (non-hydrogen) atoms. The summed E-state index contributed by atoms with van der Waals surface area (Å²) >= 11 is 0. The molecule has 0 spiro atoms. The minimum Gasteiger partial charge on any atom is -0.449 e. The van der Waals surface area contributed by atoms with E-state index < -0.39 is 0 Å². The van der Waals surface area contributed by atoms with E-state index in [0.29, 0.717) is 28.8 Å². The number of nitrogens with zero attached hydrogens (tertiary/aromatic N) is 2. The fourth-order valence-electron chi connectivity index (χ4n) is 4.81. The second kappa shape index (κ2) is 7.42. The molecule has 166 valence electrons. The second-order valence-corrected chi connectivity index (χ2v) is 9.26. The minimum absolute atomic E-state index is 0.110. The van der Waals surface area contributed by atoms with E-state index in [-0.39, 0.29) is 5.41 Å². The topological polar surface area (TPSA) is 44.2 Å². The summed E-state index contributed by atoms with van der Waals surface area (Å²) in [6, 6.07) is 22.1. The van der Waals surface area contributed by atoms with Gasteiger partial charge in [-0.2, -0.15) is 0 Å². The largest absolute Gasteiger partial charge is 0.449 e. The number of allylic oxidation sites excluding steroid dienone is 3. The highest BCUT2D eigenvalue weighted by Crippen LogP contribution is 2.55. The average Bonchev–Trinajstić information content (AvgIpc) is 3.12. The van der Waals surface area contributed by atoms with Gasteiger partial charge < -0.3 is 9.47 Å². The first kappa shape index (κ1) is 20.4. The molecular formula is C30H24N2O2. The smallest absolute Gasteiger partial charge is 0.181 e. The lowest BCUT2D eigenvalue weighted by molar-refractivity contribution is 0.359. The third-order valence-electron chi connectivity index (χ3n) is 6.41. The zero-order chi connectivity index (χ0) is 23.4. The average molecular weight is 445 g/mol. The van der Waals surface area contributed by atoms with Crippen LogP contribution in [0.4, 0.5) is 0 Å². The van der Waals surface area contributed by atoms with Crippen molar-refractivity contribution < 1.29 is 9.47 Å². The number of benzene rings is 3. The molecule has 0 amide bonds. The second-order valence-electron chi connectivity index (χ2n) is 9.26. The van der Waals surface area contributed by atoms with Gasteiger partial charge >= 0.3 is 0 Å². The van der Waals surface area contributed by atoms with Crippen molar-refractivity contribution >= 4 is 5.57 Å². The van der Waals surface area contributed by atoms with E-state index in [1.165, 1.54) is 5.56 Å². The molecule has 1 aliphatic heterocycles. The molecule has 0 saturated carbocycles. The van der Waals surface area contributed by atoms with Crippen LogP contribution in [0.15, 0.2) is 85.5 Å². The van der Waals surface area contributed by atoms with Gasteiger partial charge in [0.1, 0.15) is 0 Å². The highest BCUT2D eigenvalue weighted by Gasteiger charge is 2.35. The summed E-state index contributed by atoms with van der Waals surface area (Å²) in [7, 11) is 0. The molecule has 1 aromatic heterocycles. The molecule has 4 nitrogen and oxygen atoms in total. The van der Waals surface area contributed by atoms with Gasteiger partial charge in [0, 0.05) is 22.2 Å². The Bertz CT molecular complexity index is 1500. The quantitative estimate of drug-likeness (QED) is 0.284. The van der Waals surface area contributed by atoms with Crippen molar-refractivity contribution in [2.75, 3.05) is 0 Å². The third kappa shape index (κ3) is 3.14. The van der Waals surface area contributed by atoms with Crippen LogP contribution < -0.4 is 9.47 Å². The van der Waals surface area contributed by atoms with Crippen LogP contribution in [-0.4, -0.2) is 9.97 Å². The minimum atomic E-state index is -0.110. The Morgan fingerprint density at radius 1 is 0.853 bits per heavy atom. The van der Waals surface area contributed by atoms with Crippen molar-refractivity contribution in [1.82, 2.24) is 9.97 Å². The number of rotatable bonds is 3. The standard InChI is InChI=1S/C30H24N2O2/c1-5-19-17-30(3,4)22-14-15-25-28(26(19)22)34-27-21(12-9-13-24(27)33-25)29-31-18(2)16-23(32-29)20-10-7-6-8-11-20/h5-17H,1H2,2-4H3. The van der Waals surface area contributed by atoms with Gasteiger partial charge in [-0.15, -0.1) is 0 Å². The van der Waals surface area contributed by atoms with Crippen LogP contribution >= 0.6 is 0 Å². The van der Waals surface area contributed by atoms with Gasteiger partial charge in [0.2, 0.25) is 0 Å². The van der Waals surface area contributed by atoms with Gasteiger partial charge in [-0.1, -0.05) is 75.0 Å². The highest BCUT2D eigenvalue weighted by atomic mass is 16.6. The molecule has 0 atom stereocenters. The summed E-state index contributed by atoms with van der Waals surface area (Å²) in [6.45, 7) is 10.4. The molecule has 3 aromatic carbocycles. The lowest BCUT2D eigenvalue weighted by Gasteiger charge is -2.26. The number of ether oxygens (including phenoxy) is 2. The molecule has 2 heterocycles. The van der Waals surface area contributed by atoms with Gasteiger partial charge in [0.05, 0.1) is 11.3 Å². The molecule has 2 aliphatic rings. The molecule has 4 heteroatoms. The Hall–Kier alpha value is -4.18. The van der Waals surface area contributed by atoms with Crippen molar-refractivity contribution in [2.24, 2.45) is 0 Å². The van der Waals surface area contributed by atoms with Crippen molar-refractivity contribution in [2.45, 2.75) is 26.2 Å². The zero-order valence-electron chi connectivity index (χ0n) is 19.4. The molecule has 6 rings (SSSR count). The maximum absolute atomic E-state index is 6.62. The lowest BCUT2D eigenvalue weighted by atomic mass is 9.87.